The van der Waals surface area contributed by atoms with Crippen molar-refractivity contribution in [3.05, 3.63) is 165 Å². The van der Waals surface area contributed by atoms with Crippen molar-refractivity contribution in [3.8, 4) is 34.7 Å². The lowest BCUT2D eigenvalue weighted by atomic mass is 10.0. The van der Waals surface area contributed by atoms with Crippen LogP contribution >= 0.6 is 22.7 Å². The average molecular weight is 1090 g/mol. The number of methoxy groups -OCH3 is 1. The van der Waals surface area contributed by atoms with Gasteiger partial charge in [-0.15, -0.1) is 15.3 Å². The van der Waals surface area contributed by atoms with Gasteiger partial charge in [0.05, 0.1) is 30.8 Å². The molecule has 0 aliphatic carbocycles. The molecule has 0 amide bonds. The van der Waals surface area contributed by atoms with Crippen LogP contribution in [-0.2, 0) is 22.6 Å². The number of carboxylic acids is 1. The monoisotopic (exact) mass is 1090 g/mol. The summed E-state index contributed by atoms with van der Waals surface area (Å²) in [4.78, 5) is 66.8. The first-order chi connectivity index (χ1) is 38.4. The molecule has 24 heteroatoms. The number of nitriles is 2. The number of anilines is 2. The van der Waals surface area contributed by atoms with E-state index >= 15 is 0 Å². The van der Waals surface area contributed by atoms with Gasteiger partial charge in [0, 0.05) is 43.4 Å². The minimum Gasteiger partial charge on any atom is -0.478 e. The highest BCUT2D eigenvalue weighted by atomic mass is 32.1. The normalized spacial score (nSPS) is 11.0. The first-order valence-electron chi connectivity index (χ1n) is 24.3. The zero-order valence-electron chi connectivity index (χ0n) is 42.9. The number of nitrogens with zero attached hydrogens (tertiary/aromatic N) is 16. The van der Waals surface area contributed by atoms with Crippen LogP contribution in [0, 0.1) is 35.8 Å². The SMILES string of the molecule is [C-]#[N+]c1nc(/N=N/c2sc(N(CC)CCOC(=O)c3ccc(C(C)=O)c(C(=O)O)c3)nc2-c2ccccc2)n(Cc2ccccc2Cn2c(/N=N/c3sc(N(CC)CCOC)nc3-c3ccccc3)nc(C#N)c2C#N)c1[N+]#[C-]. The Bertz CT molecular complexity index is 3800. The average Bonchev–Trinajstić information content (AvgIpc) is 4.40. The van der Waals surface area contributed by atoms with Crippen molar-refractivity contribution in [3.63, 3.8) is 0 Å². The molecule has 0 bridgehead atoms. The molecule has 1 N–H and O–H groups in total. The molecule has 0 spiro atoms. The third-order valence-electron chi connectivity index (χ3n) is 12.1. The highest BCUT2D eigenvalue weighted by Gasteiger charge is 2.27. The molecule has 0 saturated heterocycles. The van der Waals surface area contributed by atoms with E-state index in [1.54, 1.807) is 19.2 Å². The van der Waals surface area contributed by atoms with Gasteiger partial charge in [0.25, 0.3) is 17.6 Å². The Morgan fingerprint density at radius 1 is 0.696 bits per heavy atom. The molecule has 0 unspecified atom stereocenters. The van der Waals surface area contributed by atoms with Crippen molar-refractivity contribution in [2.75, 3.05) is 56.3 Å². The van der Waals surface area contributed by atoms with E-state index in [4.69, 9.17) is 32.6 Å². The molecule has 4 aromatic heterocycles. The van der Waals surface area contributed by atoms with Gasteiger partial charge in [0.2, 0.25) is 0 Å². The second kappa shape index (κ2) is 25.6. The zero-order valence-corrected chi connectivity index (χ0v) is 44.6. The third kappa shape index (κ3) is 12.4. The summed E-state index contributed by atoms with van der Waals surface area (Å²) in [6.45, 7) is 23.5. The van der Waals surface area contributed by atoms with Gasteiger partial charge in [0.15, 0.2) is 37.4 Å². The quantitative estimate of drug-likeness (QED) is 0.0270. The molecule has 0 fully saturated rings. The van der Waals surface area contributed by atoms with Crippen LogP contribution in [0.3, 0.4) is 0 Å². The molecule has 0 saturated carbocycles. The zero-order chi connectivity index (χ0) is 56.0. The predicted molar refractivity (Wildman–Crippen MR) is 296 cm³/mol. The van der Waals surface area contributed by atoms with Gasteiger partial charge in [-0.1, -0.05) is 131 Å². The summed E-state index contributed by atoms with van der Waals surface area (Å²) in [7, 11) is 1.64. The van der Waals surface area contributed by atoms with Crippen LogP contribution < -0.4 is 9.80 Å². The first kappa shape index (κ1) is 55.1. The van der Waals surface area contributed by atoms with Gasteiger partial charge >= 0.3 is 17.9 Å². The molecule has 4 heterocycles. The number of imidazole rings is 2. The number of carbonyl (C=O) groups is 3. The Hall–Kier alpha value is -10.1. The number of azo groups is 2. The van der Waals surface area contributed by atoms with E-state index < -0.39 is 17.7 Å². The molecule has 0 atom stereocenters. The standard InChI is InChI=1S/C55H46N16O6S2/c1-7-68(25-27-76-6)54-61-44(35-17-11-9-12-18-35)48(78-54)64-66-52-60-42(30-56)43(31-57)70(52)32-38-21-15-16-22-39(38)33-71-47(59-5)46(58-4)63-53(71)67-65-49-45(36-19-13-10-14-20-36)62-55(79-49)69(8-2)26-28-77-51(75)37-23-24-40(34(3)72)41(29-37)50(73)74/h9-24,29H,7-8,25-28,32-33H2,1-3,6H3,(H,73,74)/b66-64+,67-65+. The number of Topliss-reactive ketones (excluding diaryl/α,β-unsaturated/α-hetero) is 1. The lowest BCUT2D eigenvalue weighted by molar-refractivity contribution is 0.0515. The van der Waals surface area contributed by atoms with Gasteiger partial charge in [-0.25, -0.2) is 24.1 Å². The maximum Gasteiger partial charge on any atom is 0.417 e. The number of ketones is 1. The number of rotatable bonds is 23. The summed E-state index contributed by atoms with van der Waals surface area (Å²) in [6, 6.07) is 33.9. The summed E-state index contributed by atoms with van der Waals surface area (Å²) in [5, 5.41) is 50.7. The maximum atomic E-state index is 13.1. The lowest BCUT2D eigenvalue weighted by Crippen LogP contribution is -2.28. The van der Waals surface area contributed by atoms with Crippen molar-refractivity contribution in [2.24, 2.45) is 20.5 Å². The molecule has 0 aliphatic heterocycles. The Labute approximate surface area is 461 Å². The minimum absolute atomic E-state index is 0.00608. The van der Waals surface area contributed by atoms with Crippen LogP contribution in [0.4, 0.5) is 43.8 Å². The van der Waals surface area contributed by atoms with E-state index in [1.807, 2.05) is 97.6 Å². The Kier molecular flexibility index (Phi) is 17.9. The van der Waals surface area contributed by atoms with Crippen LogP contribution in [0.5, 0.6) is 0 Å². The minimum atomic E-state index is -1.35. The van der Waals surface area contributed by atoms with E-state index in [0.717, 1.165) is 17.2 Å². The van der Waals surface area contributed by atoms with E-state index in [-0.39, 0.29) is 77.9 Å². The molecule has 79 heavy (non-hydrogen) atoms. The number of benzene rings is 4. The number of aromatic nitrogens is 6. The van der Waals surface area contributed by atoms with Crippen molar-refractivity contribution in [1.82, 2.24) is 29.1 Å². The van der Waals surface area contributed by atoms with Gasteiger partial charge in [-0.3, -0.25) is 9.36 Å². The van der Waals surface area contributed by atoms with Crippen molar-refractivity contribution < 1.29 is 29.0 Å². The number of likely N-dealkylation sites (N-methyl/N-ethyl adjacent to an activating group) is 2. The molecule has 4 aromatic carbocycles. The molecule has 22 nitrogen and oxygen atoms in total. The summed E-state index contributed by atoms with van der Waals surface area (Å²) in [6.07, 6.45) is 0. The molecule has 8 rings (SSSR count). The Morgan fingerprint density at radius 2 is 1.24 bits per heavy atom. The van der Waals surface area contributed by atoms with Crippen molar-refractivity contribution in [1.29, 1.82) is 10.5 Å². The van der Waals surface area contributed by atoms with E-state index in [1.165, 1.54) is 50.9 Å². The number of ether oxygens (including phenoxy) is 2. The smallest absolute Gasteiger partial charge is 0.417 e. The molecular formula is C55H46N16O6S2. The fourth-order valence-electron chi connectivity index (χ4n) is 8.12. The largest absolute Gasteiger partial charge is 0.478 e. The second-order valence-corrected chi connectivity index (χ2v) is 18.8. The fraction of sp³-hybridized carbons (Fsp3) is 0.218. The highest BCUT2D eigenvalue weighted by Crippen LogP contribution is 2.43. The van der Waals surface area contributed by atoms with Gasteiger partial charge < -0.3 is 34.1 Å². The number of carboxylic acid groups (broad SMARTS) is 1. The summed E-state index contributed by atoms with van der Waals surface area (Å²) >= 11 is 2.53. The van der Waals surface area contributed by atoms with Crippen LogP contribution in [0.1, 0.15) is 74.4 Å². The maximum absolute atomic E-state index is 13.1. The molecule has 0 aliphatic rings. The molecule has 0 radical (unpaired) electrons. The Balaban J connectivity index is 1.09. The van der Waals surface area contributed by atoms with E-state index in [0.29, 0.717) is 69.0 Å². The third-order valence-corrected chi connectivity index (χ3v) is 14.1. The lowest BCUT2D eigenvalue weighted by Gasteiger charge is -2.19. The number of hydrogen-bond acceptors (Lipinski definition) is 19. The Morgan fingerprint density at radius 3 is 1.73 bits per heavy atom. The fourth-order valence-corrected chi connectivity index (χ4v) is 10.1. The summed E-state index contributed by atoms with van der Waals surface area (Å²) in [5.74, 6) is -2.91. The summed E-state index contributed by atoms with van der Waals surface area (Å²) in [5.41, 5.74) is 3.35. The number of carbonyl (C=O) groups excluding carboxylic acids is 2. The molecule has 8 aromatic rings. The van der Waals surface area contributed by atoms with Crippen molar-refractivity contribution in [2.45, 2.75) is 33.9 Å². The van der Waals surface area contributed by atoms with Crippen LogP contribution in [-0.4, -0.2) is 98.4 Å². The predicted octanol–water partition coefficient (Wildman–Crippen LogP) is 12.2. The van der Waals surface area contributed by atoms with Crippen LogP contribution in [0.2, 0.25) is 0 Å². The number of esters is 1. The van der Waals surface area contributed by atoms with E-state index in [9.17, 15) is 30.0 Å². The van der Waals surface area contributed by atoms with Gasteiger partial charge in [0.1, 0.15) is 36.7 Å². The van der Waals surface area contributed by atoms with Gasteiger partial charge in [-0.05, 0) is 50.1 Å². The highest BCUT2D eigenvalue weighted by molar-refractivity contribution is 7.20. The van der Waals surface area contributed by atoms with E-state index in [2.05, 4.69) is 51.1 Å². The van der Waals surface area contributed by atoms with Gasteiger partial charge in [-0.2, -0.15) is 15.5 Å². The number of thiazole rings is 2. The second-order valence-electron chi connectivity index (χ2n) is 16.9. The summed E-state index contributed by atoms with van der Waals surface area (Å²) < 4.78 is 13.9. The van der Waals surface area contributed by atoms with Crippen molar-refractivity contribution >= 4 is 84.2 Å². The van der Waals surface area contributed by atoms with Crippen LogP contribution in [0.15, 0.2) is 124 Å². The topological polar surface area (TPSA) is 264 Å². The van der Waals surface area contributed by atoms with Crippen LogP contribution in [0.25, 0.3) is 32.2 Å². The first-order valence-corrected chi connectivity index (χ1v) is 25.9. The number of aromatic carboxylic acids is 1. The number of hydrogen-bond donors (Lipinski definition) is 1. The molecular weight excluding hydrogens is 1040 g/mol. The molecule has 394 valence electrons.